The van der Waals surface area contributed by atoms with Crippen molar-refractivity contribution in [3.05, 3.63) is 81.0 Å². The Hall–Kier alpha value is -4.30. The lowest BCUT2D eigenvalue weighted by atomic mass is 10.0. The van der Waals surface area contributed by atoms with Gasteiger partial charge in [-0.2, -0.15) is 17.6 Å². The lowest BCUT2D eigenvalue weighted by molar-refractivity contribution is -0.160. The molecule has 5 N–H and O–H groups in total. The molecule has 42 heavy (non-hydrogen) atoms. The van der Waals surface area contributed by atoms with Crippen LogP contribution < -0.4 is 16.4 Å². The zero-order valence-corrected chi connectivity index (χ0v) is 22.7. The van der Waals surface area contributed by atoms with Crippen molar-refractivity contribution in [1.29, 1.82) is 5.41 Å². The molecule has 1 aromatic heterocycles. The topological polar surface area (TPSA) is 138 Å². The standard InChI is InChI=1S/C28H25F4N5O4S/c29-27(30)41-16-9-22(26(40)35-10-17-7-15(13-42-17)24(33)34)37(12-16)23(38)11-36-25(39)14-5-6-21-19(8-14)18-3-1-2-4-20(18)28(21,31)32/h1-8,13,16,22,27H,9-12H2,(H3,33,34)(H,35,40)(H,36,39)/t16-,22+/m1/s1. The zero-order chi connectivity index (χ0) is 30.2. The van der Waals surface area contributed by atoms with Crippen molar-refractivity contribution < 1.29 is 36.7 Å². The maximum absolute atomic E-state index is 14.8. The summed E-state index contributed by atoms with van der Waals surface area (Å²) >= 11 is 1.26. The van der Waals surface area contributed by atoms with E-state index in [1.165, 1.54) is 47.7 Å². The number of ether oxygens (including phenoxy) is 1. The minimum atomic E-state index is -3.21. The van der Waals surface area contributed by atoms with Gasteiger partial charge in [-0.15, -0.1) is 11.3 Å². The number of nitrogen functional groups attached to an aromatic ring is 1. The van der Waals surface area contributed by atoms with Crippen molar-refractivity contribution >= 4 is 34.9 Å². The third kappa shape index (κ3) is 5.72. The lowest BCUT2D eigenvalue weighted by Crippen LogP contribution is -2.48. The van der Waals surface area contributed by atoms with Gasteiger partial charge < -0.3 is 26.0 Å². The molecule has 0 unspecified atom stereocenters. The van der Waals surface area contributed by atoms with Crippen molar-refractivity contribution in [2.24, 2.45) is 5.73 Å². The maximum atomic E-state index is 14.8. The highest BCUT2D eigenvalue weighted by Gasteiger charge is 2.44. The molecule has 14 heteroatoms. The summed E-state index contributed by atoms with van der Waals surface area (Å²) in [7, 11) is 0. The second-order valence-corrected chi connectivity index (χ2v) is 10.8. The maximum Gasteiger partial charge on any atom is 0.345 e. The summed E-state index contributed by atoms with van der Waals surface area (Å²) < 4.78 is 60.0. The number of alkyl halides is 4. The summed E-state index contributed by atoms with van der Waals surface area (Å²) in [5, 5.41) is 14.2. The molecule has 1 aliphatic heterocycles. The molecule has 1 fully saturated rings. The van der Waals surface area contributed by atoms with Crippen LogP contribution in [0.2, 0.25) is 0 Å². The Morgan fingerprint density at radius 1 is 1.07 bits per heavy atom. The third-order valence-electron chi connectivity index (χ3n) is 7.16. The molecule has 5 rings (SSSR count). The predicted octanol–water partition coefficient (Wildman–Crippen LogP) is 3.41. The number of nitrogens with one attached hydrogen (secondary N) is 3. The number of amides is 3. The van der Waals surface area contributed by atoms with E-state index in [4.69, 9.17) is 11.1 Å². The van der Waals surface area contributed by atoms with Crippen LogP contribution in [-0.2, 0) is 26.8 Å². The summed E-state index contributed by atoms with van der Waals surface area (Å²) in [5.41, 5.74) is 6.11. The van der Waals surface area contributed by atoms with Gasteiger partial charge in [-0.25, -0.2) is 0 Å². The van der Waals surface area contributed by atoms with Crippen LogP contribution in [0.4, 0.5) is 17.6 Å². The molecule has 2 atom stereocenters. The van der Waals surface area contributed by atoms with Gasteiger partial charge in [0.25, 0.3) is 11.8 Å². The van der Waals surface area contributed by atoms with Crippen molar-refractivity contribution in [3.8, 4) is 11.1 Å². The highest BCUT2D eigenvalue weighted by Crippen LogP contribution is 2.50. The summed E-state index contributed by atoms with van der Waals surface area (Å²) in [4.78, 5) is 40.7. The zero-order valence-electron chi connectivity index (χ0n) is 21.8. The van der Waals surface area contributed by atoms with E-state index >= 15 is 0 Å². The summed E-state index contributed by atoms with van der Waals surface area (Å²) in [6.07, 6.45) is -1.29. The van der Waals surface area contributed by atoms with Crippen LogP contribution in [0.15, 0.2) is 53.9 Å². The van der Waals surface area contributed by atoms with Crippen LogP contribution in [-0.4, -0.2) is 60.3 Å². The van der Waals surface area contributed by atoms with Crippen LogP contribution in [0.1, 0.15) is 38.3 Å². The first-order chi connectivity index (χ1) is 20.0. The SMILES string of the molecule is N=C(N)c1csc(CNC(=O)[C@@H]2C[C@@H](OC(F)F)CN2C(=O)CNC(=O)c2ccc3c(c2)-c2ccccc2C3(F)F)c1. The minimum absolute atomic E-state index is 0.0459. The number of halogens is 4. The molecule has 3 amide bonds. The Morgan fingerprint density at radius 2 is 1.81 bits per heavy atom. The van der Waals surface area contributed by atoms with E-state index in [9.17, 15) is 31.9 Å². The highest BCUT2D eigenvalue weighted by molar-refractivity contribution is 7.10. The van der Waals surface area contributed by atoms with Crippen molar-refractivity contribution in [2.75, 3.05) is 13.1 Å². The molecule has 0 saturated carbocycles. The normalized spacial score (nSPS) is 18.5. The van der Waals surface area contributed by atoms with Crippen molar-refractivity contribution in [3.63, 3.8) is 0 Å². The third-order valence-corrected chi connectivity index (χ3v) is 8.10. The van der Waals surface area contributed by atoms with Crippen LogP contribution >= 0.6 is 11.3 Å². The number of amidine groups is 1. The van der Waals surface area contributed by atoms with Gasteiger partial charge in [-0.1, -0.05) is 30.3 Å². The van der Waals surface area contributed by atoms with Gasteiger partial charge in [0.05, 0.1) is 19.2 Å². The van der Waals surface area contributed by atoms with Crippen molar-refractivity contribution in [2.45, 2.75) is 37.6 Å². The number of hydrogen-bond acceptors (Lipinski definition) is 6. The number of benzene rings is 2. The monoisotopic (exact) mass is 603 g/mol. The number of nitrogens with zero attached hydrogens (tertiary/aromatic N) is 1. The Balaban J connectivity index is 1.25. The van der Waals surface area contributed by atoms with E-state index in [-0.39, 0.29) is 47.6 Å². The van der Waals surface area contributed by atoms with Gasteiger partial charge in [-0.3, -0.25) is 19.8 Å². The van der Waals surface area contributed by atoms with Gasteiger partial charge in [0, 0.05) is 45.5 Å². The molecule has 2 aromatic carbocycles. The number of likely N-dealkylation sites (tertiary alicyclic amines) is 1. The fraction of sp³-hybridized carbons (Fsp3) is 0.286. The number of rotatable bonds is 9. The number of nitrogens with two attached hydrogens (primary N) is 1. The highest BCUT2D eigenvalue weighted by atomic mass is 32.1. The number of carbonyl (C=O) groups is 3. The van der Waals surface area contributed by atoms with Gasteiger partial charge in [0.15, 0.2) is 0 Å². The average Bonchev–Trinajstić information content (AvgIpc) is 3.66. The molecule has 2 aliphatic rings. The van der Waals surface area contributed by atoms with E-state index in [1.807, 2.05) is 0 Å². The smallest absolute Gasteiger partial charge is 0.345 e. The second-order valence-electron chi connectivity index (χ2n) is 9.81. The quantitative estimate of drug-likeness (QED) is 0.169. The molecule has 9 nitrogen and oxygen atoms in total. The number of thiophene rings is 1. The minimum Gasteiger partial charge on any atom is -0.384 e. The molecular formula is C28H25F4N5O4S. The van der Waals surface area contributed by atoms with Gasteiger partial charge in [0.2, 0.25) is 11.8 Å². The number of hydrogen-bond donors (Lipinski definition) is 4. The molecule has 220 valence electrons. The number of carbonyl (C=O) groups excluding carboxylic acids is 3. The van der Waals surface area contributed by atoms with Crippen LogP contribution in [0.25, 0.3) is 11.1 Å². The summed E-state index contributed by atoms with van der Waals surface area (Å²) in [6.45, 7) is -3.91. The molecule has 1 saturated heterocycles. The molecule has 0 spiro atoms. The fourth-order valence-electron chi connectivity index (χ4n) is 5.15. The Labute approximate surface area is 241 Å². The van der Waals surface area contributed by atoms with E-state index in [1.54, 1.807) is 17.5 Å². The fourth-order valence-corrected chi connectivity index (χ4v) is 5.97. The van der Waals surface area contributed by atoms with Crippen LogP contribution in [0.3, 0.4) is 0 Å². The van der Waals surface area contributed by atoms with Gasteiger partial charge in [-0.05, 0) is 29.3 Å². The molecule has 3 aromatic rings. The van der Waals surface area contributed by atoms with E-state index in [0.717, 1.165) is 4.90 Å². The summed E-state index contributed by atoms with van der Waals surface area (Å²) in [5.74, 6) is -5.37. The number of fused-ring (bicyclic) bond motifs is 3. The molecular weight excluding hydrogens is 578 g/mol. The Morgan fingerprint density at radius 3 is 2.52 bits per heavy atom. The summed E-state index contributed by atoms with van der Waals surface area (Å²) in [6, 6.07) is 10.2. The lowest BCUT2D eigenvalue weighted by Gasteiger charge is -2.24. The van der Waals surface area contributed by atoms with Crippen LogP contribution in [0.5, 0.6) is 0 Å². The average molecular weight is 604 g/mol. The molecule has 0 bridgehead atoms. The molecule has 2 heterocycles. The van der Waals surface area contributed by atoms with Gasteiger partial charge >= 0.3 is 6.61 Å². The Bertz CT molecular complexity index is 1560. The van der Waals surface area contributed by atoms with Crippen LogP contribution in [0, 0.1) is 5.41 Å². The van der Waals surface area contributed by atoms with Gasteiger partial charge in [0.1, 0.15) is 11.9 Å². The first-order valence-electron chi connectivity index (χ1n) is 12.8. The van der Waals surface area contributed by atoms with E-state index < -0.39 is 48.9 Å². The van der Waals surface area contributed by atoms with E-state index in [0.29, 0.717) is 16.0 Å². The Kier molecular flexibility index (Phi) is 8.01. The molecule has 1 aliphatic carbocycles. The first kappa shape index (κ1) is 29.2. The van der Waals surface area contributed by atoms with E-state index in [2.05, 4.69) is 15.4 Å². The second kappa shape index (κ2) is 11.5. The predicted molar refractivity (Wildman–Crippen MR) is 145 cm³/mol. The molecule has 0 radical (unpaired) electrons. The largest absolute Gasteiger partial charge is 0.384 e. The first-order valence-corrected chi connectivity index (χ1v) is 13.7. The van der Waals surface area contributed by atoms with Crippen molar-refractivity contribution in [1.82, 2.24) is 15.5 Å².